The Kier molecular flexibility index (Phi) is 3.40. The fourth-order valence-electron chi connectivity index (χ4n) is 1.41. The van der Waals surface area contributed by atoms with Crippen LogP contribution in [0.15, 0.2) is 29.0 Å². The summed E-state index contributed by atoms with van der Waals surface area (Å²) in [4.78, 5) is 0. The Morgan fingerprint density at radius 2 is 1.81 bits per heavy atom. The molecule has 0 amide bonds. The molecule has 2 aromatic rings. The number of aromatic hydroxyl groups is 1. The molecular weight excluding hydrogens is 265 g/mol. The molecule has 0 fully saturated rings. The Bertz CT molecular complexity index is 476. The zero-order valence-corrected chi connectivity index (χ0v) is 10.5. The lowest BCUT2D eigenvalue weighted by Crippen LogP contribution is -2.10. The number of halogens is 2. The third kappa shape index (κ3) is 2.18. The van der Waals surface area contributed by atoms with Crippen LogP contribution in [0.25, 0.3) is 0 Å². The normalized spacial score (nSPS) is 12.7. The second kappa shape index (κ2) is 4.63. The van der Waals surface area contributed by atoms with Crippen molar-refractivity contribution in [1.29, 1.82) is 0 Å². The van der Waals surface area contributed by atoms with Crippen molar-refractivity contribution in [2.75, 3.05) is 0 Å². The van der Waals surface area contributed by atoms with Gasteiger partial charge in [0.1, 0.15) is 0 Å². The Morgan fingerprint density at radius 1 is 1.19 bits per heavy atom. The number of nitrogens with two attached hydrogens (primary N) is 1. The maximum atomic E-state index is 9.44. The Morgan fingerprint density at radius 3 is 2.31 bits per heavy atom. The molecular formula is C11H9Cl2NOS. The molecule has 0 aliphatic rings. The molecule has 2 nitrogen and oxygen atoms in total. The molecule has 3 N–H and O–H groups in total. The molecule has 84 valence electrons. The zero-order valence-electron chi connectivity index (χ0n) is 8.15. The van der Waals surface area contributed by atoms with Gasteiger partial charge in [0.2, 0.25) is 0 Å². The summed E-state index contributed by atoms with van der Waals surface area (Å²) >= 11 is 13.3. The van der Waals surface area contributed by atoms with Crippen molar-refractivity contribution in [1.82, 2.24) is 0 Å². The third-order valence-corrected chi connectivity index (χ3v) is 3.58. The standard InChI is InChI=1S/C11H9Cl2NOS/c12-8-3-7(4-9(13)11(8)15)10(14)6-1-2-16-5-6/h1-5,10,15H,14H2/t10-/m0/s1. The van der Waals surface area contributed by atoms with Crippen molar-refractivity contribution >= 4 is 34.5 Å². The lowest BCUT2D eigenvalue weighted by Gasteiger charge is -2.12. The second-order valence-corrected chi connectivity index (χ2v) is 4.96. The first-order chi connectivity index (χ1) is 7.59. The van der Waals surface area contributed by atoms with Gasteiger partial charge in [0.15, 0.2) is 5.75 Å². The molecule has 0 aliphatic carbocycles. The van der Waals surface area contributed by atoms with Gasteiger partial charge in [-0.05, 0) is 40.1 Å². The molecule has 1 heterocycles. The lowest BCUT2D eigenvalue weighted by molar-refractivity contribution is 0.475. The Labute approximate surface area is 107 Å². The van der Waals surface area contributed by atoms with Crippen LogP contribution in [-0.2, 0) is 0 Å². The van der Waals surface area contributed by atoms with Crippen LogP contribution in [0.1, 0.15) is 17.2 Å². The van der Waals surface area contributed by atoms with Crippen LogP contribution in [0.4, 0.5) is 0 Å². The van der Waals surface area contributed by atoms with E-state index in [1.165, 1.54) is 0 Å². The minimum atomic E-state index is -0.276. The summed E-state index contributed by atoms with van der Waals surface area (Å²) in [6.07, 6.45) is 0. The maximum Gasteiger partial charge on any atom is 0.152 e. The molecule has 0 saturated carbocycles. The summed E-state index contributed by atoms with van der Waals surface area (Å²) in [6.45, 7) is 0. The maximum absolute atomic E-state index is 9.44. The van der Waals surface area contributed by atoms with Gasteiger partial charge in [-0.15, -0.1) is 0 Å². The first kappa shape index (κ1) is 11.7. The van der Waals surface area contributed by atoms with Crippen molar-refractivity contribution in [3.8, 4) is 5.75 Å². The van der Waals surface area contributed by atoms with Gasteiger partial charge >= 0.3 is 0 Å². The minimum absolute atomic E-state index is 0.107. The molecule has 1 aromatic carbocycles. The average molecular weight is 274 g/mol. The van der Waals surface area contributed by atoms with E-state index in [1.807, 2.05) is 16.8 Å². The van der Waals surface area contributed by atoms with Crippen molar-refractivity contribution in [3.63, 3.8) is 0 Å². The predicted molar refractivity (Wildman–Crippen MR) is 68.5 cm³/mol. The van der Waals surface area contributed by atoms with E-state index in [-0.39, 0.29) is 21.8 Å². The van der Waals surface area contributed by atoms with Crippen molar-refractivity contribution in [3.05, 3.63) is 50.1 Å². The van der Waals surface area contributed by atoms with Crippen LogP contribution in [0.5, 0.6) is 5.75 Å². The quantitative estimate of drug-likeness (QED) is 0.874. The molecule has 2 rings (SSSR count). The molecule has 1 aromatic heterocycles. The van der Waals surface area contributed by atoms with Gasteiger partial charge in [0.25, 0.3) is 0 Å². The average Bonchev–Trinajstić information content (AvgIpc) is 2.77. The summed E-state index contributed by atoms with van der Waals surface area (Å²) in [5, 5.41) is 13.8. The molecule has 0 radical (unpaired) electrons. The zero-order chi connectivity index (χ0) is 11.7. The summed E-state index contributed by atoms with van der Waals surface area (Å²) in [5.41, 5.74) is 7.84. The predicted octanol–water partition coefficient (Wildman–Crippen LogP) is 3.81. The van der Waals surface area contributed by atoms with Crippen molar-refractivity contribution in [2.24, 2.45) is 5.73 Å². The van der Waals surface area contributed by atoms with E-state index in [1.54, 1.807) is 23.5 Å². The van der Waals surface area contributed by atoms with Crippen LogP contribution >= 0.6 is 34.5 Å². The van der Waals surface area contributed by atoms with E-state index in [0.717, 1.165) is 11.1 Å². The van der Waals surface area contributed by atoms with E-state index >= 15 is 0 Å². The topological polar surface area (TPSA) is 46.2 Å². The molecule has 16 heavy (non-hydrogen) atoms. The van der Waals surface area contributed by atoms with Crippen LogP contribution in [0.3, 0.4) is 0 Å². The monoisotopic (exact) mass is 273 g/mol. The van der Waals surface area contributed by atoms with Gasteiger partial charge < -0.3 is 10.8 Å². The van der Waals surface area contributed by atoms with Crippen LogP contribution in [-0.4, -0.2) is 5.11 Å². The fourth-order valence-corrected chi connectivity index (χ4v) is 2.61. The van der Waals surface area contributed by atoms with Gasteiger partial charge in [-0.2, -0.15) is 11.3 Å². The summed E-state index contributed by atoms with van der Waals surface area (Å²) in [5.74, 6) is -0.107. The van der Waals surface area contributed by atoms with E-state index in [0.29, 0.717) is 0 Å². The van der Waals surface area contributed by atoms with Crippen molar-refractivity contribution < 1.29 is 5.11 Å². The molecule has 0 bridgehead atoms. The number of hydrogen-bond donors (Lipinski definition) is 2. The van der Waals surface area contributed by atoms with Crippen LogP contribution in [0.2, 0.25) is 10.0 Å². The number of thiophene rings is 1. The largest absolute Gasteiger partial charge is 0.505 e. The third-order valence-electron chi connectivity index (χ3n) is 2.30. The number of rotatable bonds is 2. The molecule has 5 heteroatoms. The van der Waals surface area contributed by atoms with Crippen LogP contribution < -0.4 is 5.73 Å². The van der Waals surface area contributed by atoms with Gasteiger partial charge in [0, 0.05) is 0 Å². The van der Waals surface area contributed by atoms with E-state index in [4.69, 9.17) is 28.9 Å². The van der Waals surface area contributed by atoms with Crippen molar-refractivity contribution in [2.45, 2.75) is 6.04 Å². The van der Waals surface area contributed by atoms with Gasteiger partial charge in [0.05, 0.1) is 16.1 Å². The van der Waals surface area contributed by atoms with Gasteiger partial charge in [-0.1, -0.05) is 23.2 Å². The smallest absolute Gasteiger partial charge is 0.152 e. The fraction of sp³-hybridized carbons (Fsp3) is 0.0909. The molecule has 0 spiro atoms. The molecule has 0 saturated heterocycles. The SMILES string of the molecule is N[C@@H](c1ccsc1)c1cc(Cl)c(O)c(Cl)c1. The lowest BCUT2D eigenvalue weighted by atomic mass is 10.0. The van der Waals surface area contributed by atoms with Crippen LogP contribution in [0, 0.1) is 0 Å². The van der Waals surface area contributed by atoms with Gasteiger partial charge in [-0.25, -0.2) is 0 Å². The summed E-state index contributed by atoms with van der Waals surface area (Å²) in [7, 11) is 0. The molecule has 1 atom stereocenters. The highest BCUT2D eigenvalue weighted by molar-refractivity contribution is 7.08. The first-order valence-electron chi connectivity index (χ1n) is 4.55. The van der Waals surface area contributed by atoms with E-state index in [2.05, 4.69) is 0 Å². The van der Waals surface area contributed by atoms with E-state index < -0.39 is 0 Å². The number of phenolic OH excluding ortho intramolecular Hbond substituents is 1. The van der Waals surface area contributed by atoms with Gasteiger partial charge in [-0.3, -0.25) is 0 Å². The first-order valence-corrected chi connectivity index (χ1v) is 6.25. The minimum Gasteiger partial charge on any atom is -0.505 e. The molecule has 0 unspecified atom stereocenters. The Hall–Kier alpha value is -0.740. The number of hydrogen-bond acceptors (Lipinski definition) is 3. The summed E-state index contributed by atoms with van der Waals surface area (Å²) in [6, 6.07) is 4.93. The highest BCUT2D eigenvalue weighted by Crippen LogP contribution is 2.35. The number of benzene rings is 1. The highest BCUT2D eigenvalue weighted by Gasteiger charge is 2.13. The second-order valence-electron chi connectivity index (χ2n) is 3.37. The number of phenols is 1. The van der Waals surface area contributed by atoms with E-state index in [9.17, 15) is 5.11 Å². The highest BCUT2D eigenvalue weighted by atomic mass is 35.5. The summed E-state index contributed by atoms with van der Waals surface area (Å²) < 4.78 is 0. The Balaban J connectivity index is 2.42. The molecule has 0 aliphatic heterocycles.